The number of nitrogen functional groups attached to an aromatic ring is 1. The molecule has 2 aromatic heterocycles. The molecule has 0 saturated carbocycles. The van der Waals surface area contributed by atoms with E-state index in [1.165, 1.54) is 10.7 Å². The molecule has 1 amide bonds. The number of anilines is 1. The monoisotopic (exact) mass is 408 g/mol. The maximum absolute atomic E-state index is 12.4. The molecule has 1 unspecified atom stereocenters. The number of para-hydroxylation sites is 1. The second-order valence-electron chi connectivity index (χ2n) is 6.76. The van der Waals surface area contributed by atoms with Crippen LogP contribution in [0.5, 0.6) is 5.75 Å². The number of benzene rings is 1. The molecule has 0 aliphatic carbocycles. The summed E-state index contributed by atoms with van der Waals surface area (Å²) in [4.78, 5) is 27.7. The highest BCUT2D eigenvalue weighted by atomic mass is 16.5. The van der Waals surface area contributed by atoms with E-state index in [1.807, 2.05) is 0 Å². The van der Waals surface area contributed by atoms with Crippen molar-refractivity contribution in [2.75, 3.05) is 5.73 Å². The first kappa shape index (κ1) is 19.4. The first-order valence-corrected chi connectivity index (χ1v) is 9.02. The number of carbonyl (C=O) groups is 2. The van der Waals surface area contributed by atoms with Gasteiger partial charge in [-0.3, -0.25) is 4.79 Å². The molecule has 0 radical (unpaired) electrons. The van der Waals surface area contributed by atoms with Gasteiger partial charge < -0.3 is 25.8 Å². The van der Waals surface area contributed by atoms with Gasteiger partial charge in [-0.2, -0.15) is 0 Å². The van der Waals surface area contributed by atoms with E-state index in [9.17, 15) is 19.7 Å². The van der Waals surface area contributed by atoms with E-state index in [4.69, 9.17) is 10.4 Å². The SMILES string of the molecule is Nc1ccc(-c2cn(CC(=O)NC3Cc4cccc(C(=O)O)c4OB3O)nn2)cn1. The van der Waals surface area contributed by atoms with Crippen LogP contribution < -0.4 is 15.7 Å². The third kappa shape index (κ3) is 3.94. The van der Waals surface area contributed by atoms with Gasteiger partial charge in [-0.15, -0.1) is 5.10 Å². The molecule has 4 rings (SSSR count). The van der Waals surface area contributed by atoms with Crippen LogP contribution in [-0.2, 0) is 17.8 Å². The minimum atomic E-state index is -1.38. The Morgan fingerprint density at radius 3 is 2.90 bits per heavy atom. The van der Waals surface area contributed by atoms with Gasteiger partial charge >= 0.3 is 13.1 Å². The molecule has 1 atom stereocenters. The van der Waals surface area contributed by atoms with Crippen molar-refractivity contribution in [1.29, 1.82) is 0 Å². The van der Waals surface area contributed by atoms with Crippen LogP contribution in [0.4, 0.5) is 5.82 Å². The van der Waals surface area contributed by atoms with Crippen molar-refractivity contribution in [2.45, 2.75) is 18.9 Å². The van der Waals surface area contributed by atoms with Crippen molar-refractivity contribution in [3.8, 4) is 17.0 Å². The summed E-state index contributed by atoms with van der Waals surface area (Å²) >= 11 is 0. The predicted octanol–water partition coefficient (Wildman–Crippen LogP) is -0.240. The minimum Gasteiger partial charge on any atom is -0.534 e. The quantitative estimate of drug-likeness (QED) is 0.417. The lowest BCUT2D eigenvalue weighted by molar-refractivity contribution is -0.122. The summed E-state index contributed by atoms with van der Waals surface area (Å²) in [5.74, 6) is -1.80. The number of carboxylic acid groups (broad SMARTS) is 1. The van der Waals surface area contributed by atoms with Gasteiger partial charge in [0.15, 0.2) is 0 Å². The van der Waals surface area contributed by atoms with E-state index in [0.717, 1.165) is 0 Å². The van der Waals surface area contributed by atoms with Gasteiger partial charge in [0.1, 0.15) is 23.8 Å². The van der Waals surface area contributed by atoms with Gasteiger partial charge in [0, 0.05) is 11.8 Å². The maximum Gasteiger partial charge on any atom is 0.547 e. The number of rotatable bonds is 5. The molecule has 5 N–H and O–H groups in total. The second-order valence-corrected chi connectivity index (χ2v) is 6.76. The molecule has 3 heterocycles. The van der Waals surface area contributed by atoms with Gasteiger partial charge in [0.25, 0.3) is 0 Å². The summed E-state index contributed by atoms with van der Waals surface area (Å²) < 4.78 is 6.72. The summed E-state index contributed by atoms with van der Waals surface area (Å²) in [5, 5.41) is 30.1. The Balaban J connectivity index is 1.42. The molecule has 1 aliphatic heterocycles. The smallest absolute Gasteiger partial charge is 0.534 e. The van der Waals surface area contributed by atoms with E-state index in [0.29, 0.717) is 22.6 Å². The number of pyridine rings is 1. The van der Waals surface area contributed by atoms with Crippen molar-refractivity contribution in [1.82, 2.24) is 25.3 Å². The van der Waals surface area contributed by atoms with Crippen molar-refractivity contribution in [3.63, 3.8) is 0 Å². The van der Waals surface area contributed by atoms with Crippen LogP contribution in [0, 0.1) is 0 Å². The average molecular weight is 408 g/mol. The lowest BCUT2D eigenvalue weighted by Crippen LogP contribution is -2.53. The Morgan fingerprint density at radius 1 is 1.33 bits per heavy atom. The van der Waals surface area contributed by atoms with Crippen LogP contribution in [0.3, 0.4) is 0 Å². The number of hydrogen-bond donors (Lipinski definition) is 4. The topological polar surface area (TPSA) is 165 Å². The molecule has 1 aliphatic rings. The van der Waals surface area contributed by atoms with Crippen LogP contribution in [-0.4, -0.2) is 55.0 Å². The number of nitrogens with zero attached hydrogens (tertiary/aromatic N) is 4. The summed E-state index contributed by atoms with van der Waals surface area (Å²) in [7, 11) is -1.38. The van der Waals surface area contributed by atoms with Crippen LogP contribution in [0.2, 0.25) is 0 Å². The number of nitrogens with one attached hydrogen (secondary N) is 1. The number of carboxylic acids is 1. The minimum absolute atomic E-state index is 0.0383. The first-order chi connectivity index (χ1) is 14.4. The number of nitrogens with two attached hydrogens (primary N) is 1. The Labute approximate surface area is 170 Å². The van der Waals surface area contributed by atoms with Gasteiger partial charge in [0.2, 0.25) is 5.91 Å². The zero-order valence-corrected chi connectivity index (χ0v) is 15.6. The number of hydrogen-bond acceptors (Lipinski definition) is 8. The van der Waals surface area contributed by atoms with E-state index in [-0.39, 0.29) is 24.3 Å². The van der Waals surface area contributed by atoms with Gasteiger partial charge in [-0.05, 0) is 30.2 Å². The zero-order chi connectivity index (χ0) is 21.3. The molecule has 0 bridgehead atoms. The molecule has 0 spiro atoms. The van der Waals surface area contributed by atoms with E-state index < -0.39 is 24.9 Å². The summed E-state index contributed by atoms with van der Waals surface area (Å²) in [6, 6.07) is 8.06. The molecule has 11 nitrogen and oxygen atoms in total. The third-order valence-corrected chi connectivity index (χ3v) is 4.62. The molecular weight excluding hydrogens is 391 g/mol. The van der Waals surface area contributed by atoms with Crippen LogP contribution in [0.1, 0.15) is 15.9 Å². The van der Waals surface area contributed by atoms with Crippen LogP contribution in [0.15, 0.2) is 42.7 Å². The predicted molar refractivity (Wildman–Crippen MR) is 105 cm³/mol. The Morgan fingerprint density at radius 2 is 2.17 bits per heavy atom. The first-order valence-electron chi connectivity index (χ1n) is 9.02. The number of aromatic carboxylic acids is 1. The van der Waals surface area contributed by atoms with Crippen molar-refractivity contribution < 1.29 is 24.4 Å². The normalized spacial score (nSPS) is 15.2. The number of amides is 1. The summed E-state index contributed by atoms with van der Waals surface area (Å²) in [6.45, 7) is -0.124. The molecule has 152 valence electrons. The zero-order valence-electron chi connectivity index (χ0n) is 15.6. The van der Waals surface area contributed by atoms with E-state index in [1.54, 1.807) is 36.7 Å². The Hall–Kier alpha value is -3.93. The summed E-state index contributed by atoms with van der Waals surface area (Å²) in [6.07, 6.45) is 3.38. The average Bonchev–Trinajstić information content (AvgIpc) is 3.16. The highest BCUT2D eigenvalue weighted by Crippen LogP contribution is 2.30. The van der Waals surface area contributed by atoms with E-state index in [2.05, 4.69) is 20.6 Å². The molecule has 0 fully saturated rings. The molecule has 30 heavy (non-hydrogen) atoms. The van der Waals surface area contributed by atoms with Crippen molar-refractivity contribution in [3.05, 3.63) is 53.9 Å². The highest BCUT2D eigenvalue weighted by Gasteiger charge is 2.37. The van der Waals surface area contributed by atoms with Crippen molar-refractivity contribution in [2.24, 2.45) is 0 Å². The molecule has 0 saturated heterocycles. The van der Waals surface area contributed by atoms with E-state index >= 15 is 0 Å². The van der Waals surface area contributed by atoms with Gasteiger partial charge in [0.05, 0.1) is 17.7 Å². The summed E-state index contributed by atoms with van der Waals surface area (Å²) in [5.41, 5.74) is 7.35. The molecular formula is C18H17BN6O5. The van der Waals surface area contributed by atoms with Crippen LogP contribution in [0.25, 0.3) is 11.3 Å². The largest absolute Gasteiger partial charge is 0.547 e. The standard InChI is InChI=1S/C18H17BN6O5/c20-15-5-4-11(7-21-15)13-8-25(24-23-13)9-16(26)22-14-6-10-2-1-3-12(18(27)28)17(10)30-19(14)29/h1-5,7-8,14,29H,6,9H2,(H2,20,21)(H,22,26)(H,27,28). The lowest BCUT2D eigenvalue weighted by Gasteiger charge is -2.28. The second kappa shape index (κ2) is 7.83. The number of aromatic nitrogens is 4. The Bertz CT molecular complexity index is 1100. The molecule has 1 aromatic carbocycles. The van der Waals surface area contributed by atoms with Crippen molar-refractivity contribution >= 4 is 24.8 Å². The third-order valence-electron chi connectivity index (χ3n) is 4.62. The maximum atomic E-state index is 12.4. The van der Waals surface area contributed by atoms with Crippen LogP contribution >= 0.6 is 0 Å². The fraction of sp³-hybridized carbons (Fsp3) is 0.167. The van der Waals surface area contributed by atoms with Gasteiger partial charge in [-0.1, -0.05) is 17.3 Å². The number of carbonyl (C=O) groups excluding carboxylic acids is 1. The lowest BCUT2D eigenvalue weighted by atomic mass is 9.72. The number of fused-ring (bicyclic) bond motifs is 1. The molecule has 3 aromatic rings. The molecule has 12 heteroatoms. The fourth-order valence-corrected chi connectivity index (χ4v) is 3.18. The highest BCUT2D eigenvalue weighted by molar-refractivity contribution is 6.47. The Kier molecular flexibility index (Phi) is 5.06. The van der Waals surface area contributed by atoms with Gasteiger partial charge in [-0.25, -0.2) is 14.5 Å². The fourth-order valence-electron chi connectivity index (χ4n) is 3.18.